The fraction of sp³-hybridized carbons (Fsp3) is 0.385. The molecule has 3 nitrogen and oxygen atoms in total. The van der Waals surface area contributed by atoms with Crippen LogP contribution in [0.3, 0.4) is 0 Å². The van der Waals surface area contributed by atoms with Crippen LogP contribution in [0.1, 0.15) is 30.5 Å². The standard InChI is InChI=1S/C13H14ClNO2/c1-3-9-6-12(14)11(8-15)5-10(9)7-13(16)17-4-2/h5-6H,3-4,7H2,1-2H3. The Morgan fingerprint density at radius 3 is 2.65 bits per heavy atom. The van der Waals surface area contributed by atoms with E-state index < -0.39 is 0 Å². The van der Waals surface area contributed by atoms with Gasteiger partial charge in [-0.05, 0) is 36.6 Å². The van der Waals surface area contributed by atoms with Crippen LogP contribution in [0.5, 0.6) is 0 Å². The molecule has 4 heteroatoms. The summed E-state index contributed by atoms with van der Waals surface area (Å²) in [6.07, 6.45) is 0.947. The molecule has 0 atom stereocenters. The van der Waals surface area contributed by atoms with Crippen molar-refractivity contribution in [2.24, 2.45) is 0 Å². The van der Waals surface area contributed by atoms with Gasteiger partial charge in [-0.2, -0.15) is 5.26 Å². The molecule has 90 valence electrons. The molecule has 0 spiro atoms. The molecular formula is C13H14ClNO2. The molecule has 0 bridgehead atoms. The van der Waals surface area contributed by atoms with E-state index in [2.05, 4.69) is 0 Å². The fourth-order valence-electron chi connectivity index (χ4n) is 1.61. The minimum absolute atomic E-state index is 0.183. The molecule has 0 fully saturated rings. The van der Waals surface area contributed by atoms with Gasteiger partial charge in [0.2, 0.25) is 0 Å². The van der Waals surface area contributed by atoms with Gasteiger partial charge in [0.15, 0.2) is 0 Å². The van der Waals surface area contributed by atoms with Crippen LogP contribution in [-0.4, -0.2) is 12.6 Å². The zero-order chi connectivity index (χ0) is 12.8. The second-order valence-corrected chi connectivity index (χ2v) is 3.96. The van der Waals surface area contributed by atoms with Gasteiger partial charge < -0.3 is 4.74 Å². The van der Waals surface area contributed by atoms with Crippen LogP contribution in [0, 0.1) is 11.3 Å². The van der Waals surface area contributed by atoms with Gasteiger partial charge in [0.1, 0.15) is 6.07 Å². The normalized spacial score (nSPS) is 9.76. The molecule has 0 aliphatic rings. The Morgan fingerprint density at radius 2 is 2.12 bits per heavy atom. The van der Waals surface area contributed by atoms with Gasteiger partial charge in [0, 0.05) is 0 Å². The van der Waals surface area contributed by atoms with E-state index in [4.69, 9.17) is 21.6 Å². The van der Waals surface area contributed by atoms with Crippen molar-refractivity contribution in [3.05, 3.63) is 33.8 Å². The lowest BCUT2D eigenvalue weighted by atomic mass is 10.00. The Bertz CT molecular complexity index is 463. The molecule has 0 heterocycles. The molecule has 1 aromatic rings. The molecule has 1 aromatic carbocycles. The van der Waals surface area contributed by atoms with Crippen molar-refractivity contribution in [1.82, 2.24) is 0 Å². The molecule has 1 rings (SSSR count). The third-order valence-electron chi connectivity index (χ3n) is 2.43. The maximum atomic E-state index is 11.4. The van der Waals surface area contributed by atoms with Gasteiger partial charge in [-0.1, -0.05) is 18.5 Å². The van der Waals surface area contributed by atoms with Crippen molar-refractivity contribution in [1.29, 1.82) is 5.26 Å². The number of halogens is 1. The minimum Gasteiger partial charge on any atom is -0.466 e. The Balaban J connectivity index is 3.05. The van der Waals surface area contributed by atoms with Crippen LogP contribution in [0.2, 0.25) is 5.02 Å². The first kappa shape index (κ1) is 13.5. The molecule has 0 aromatic heterocycles. The third-order valence-corrected chi connectivity index (χ3v) is 2.74. The summed E-state index contributed by atoms with van der Waals surface area (Å²) in [7, 11) is 0. The van der Waals surface area contributed by atoms with E-state index >= 15 is 0 Å². The van der Waals surface area contributed by atoms with Crippen LogP contribution in [-0.2, 0) is 22.4 Å². The van der Waals surface area contributed by atoms with Crippen molar-refractivity contribution in [2.75, 3.05) is 6.61 Å². The zero-order valence-electron chi connectivity index (χ0n) is 9.92. The molecule has 0 N–H and O–H groups in total. The van der Waals surface area contributed by atoms with E-state index in [9.17, 15) is 4.79 Å². The number of carbonyl (C=O) groups excluding carboxylic acids is 1. The highest BCUT2D eigenvalue weighted by Gasteiger charge is 2.11. The average Bonchev–Trinajstić information content (AvgIpc) is 2.31. The molecule has 0 saturated heterocycles. The quantitative estimate of drug-likeness (QED) is 0.773. The number of aryl methyl sites for hydroxylation is 1. The van der Waals surface area contributed by atoms with Crippen molar-refractivity contribution in [2.45, 2.75) is 26.7 Å². The van der Waals surface area contributed by atoms with E-state index in [0.717, 1.165) is 17.5 Å². The van der Waals surface area contributed by atoms with Crippen molar-refractivity contribution < 1.29 is 9.53 Å². The molecular weight excluding hydrogens is 238 g/mol. The summed E-state index contributed by atoms with van der Waals surface area (Å²) in [5.74, 6) is -0.284. The molecule has 17 heavy (non-hydrogen) atoms. The highest BCUT2D eigenvalue weighted by molar-refractivity contribution is 6.31. The molecule has 0 amide bonds. The lowest BCUT2D eigenvalue weighted by Crippen LogP contribution is -2.09. The first-order valence-electron chi connectivity index (χ1n) is 5.49. The average molecular weight is 252 g/mol. The van der Waals surface area contributed by atoms with Crippen LogP contribution >= 0.6 is 11.6 Å². The summed E-state index contributed by atoms with van der Waals surface area (Å²) in [4.78, 5) is 11.4. The number of hydrogen-bond donors (Lipinski definition) is 0. The van der Waals surface area contributed by atoms with Gasteiger partial charge in [-0.3, -0.25) is 4.79 Å². The highest BCUT2D eigenvalue weighted by Crippen LogP contribution is 2.22. The molecule has 0 saturated carbocycles. The number of benzene rings is 1. The summed E-state index contributed by atoms with van der Waals surface area (Å²) in [5.41, 5.74) is 2.18. The first-order valence-corrected chi connectivity index (χ1v) is 5.87. The number of rotatable bonds is 4. The topological polar surface area (TPSA) is 50.1 Å². The number of ether oxygens (including phenoxy) is 1. The second-order valence-electron chi connectivity index (χ2n) is 3.55. The van der Waals surface area contributed by atoms with Crippen LogP contribution in [0.25, 0.3) is 0 Å². The lowest BCUT2D eigenvalue weighted by Gasteiger charge is -2.09. The summed E-state index contributed by atoms with van der Waals surface area (Å²) in [6, 6.07) is 5.42. The van der Waals surface area contributed by atoms with Gasteiger partial charge in [0.25, 0.3) is 0 Å². The Labute approximate surface area is 106 Å². The van der Waals surface area contributed by atoms with Gasteiger partial charge in [0.05, 0.1) is 23.6 Å². The van der Waals surface area contributed by atoms with Gasteiger partial charge in [-0.25, -0.2) is 0 Å². The summed E-state index contributed by atoms with van der Waals surface area (Å²) in [6.45, 7) is 4.10. The number of nitrogens with zero attached hydrogens (tertiary/aromatic N) is 1. The summed E-state index contributed by atoms with van der Waals surface area (Å²) >= 11 is 5.94. The largest absolute Gasteiger partial charge is 0.466 e. The van der Waals surface area contributed by atoms with Gasteiger partial charge >= 0.3 is 5.97 Å². The zero-order valence-corrected chi connectivity index (χ0v) is 10.7. The molecule has 0 unspecified atom stereocenters. The van der Waals surface area contributed by atoms with Crippen LogP contribution < -0.4 is 0 Å². The van der Waals surface area contributed by atoms with E-state index in [-0.39, 0.29) is 12.4 Å². The predicted octanol–water partition coefficient (Wildman–Crippen LogP) is 2.88. The monoisotopic (exact) mass is 251 g/mol. The fourth-order valence-corrected chi connectivity index (χ4v) is 1.83. The third kappa shape index (κ3) is 3.47. The number of carbonyl (C=O) groups is 1. The van der Waals surface area contributed by atoms with E-state index in [1.54, 1.807) is 19.1 Å². The van der Waals surface area contributed by atoms with Gasteiger partial charge in [-0.15, -0.1) is 0 Å². The Kier molecular flexibility index (Phi) is 4.99. The van der Waals surface area contributed by atoms with Crippen LogP contribution in [0.15, 0.2) is 12.1 Å². The maximum absolute atomic E-state index is 11.4. The second kappa shape index (κ2) is 6.27. The molecule has 0 radical (unpaired) electrons. The smallest absolute Gasteiger partial charge is 0.310 e. The van der Waals surface area contributed by atoms with E-state index in [0.29, 0.717) is 17.2 Å². The van der Waals surface area contributed by atoms with Crippen molar-refractivity contribution in [3.8, 4) is 6.07 Å². The van der Waals surface area contributed by atoms with Crippen molar-refractivity contribution >= 4 is 17.6 Å². The highest BCUT2D eigenvalue weighted by atomic mass is 35.5. The van der Waals surface area contributed by atoms with Crippen LogP contribution in [0.4, 0.5) is 0 Å². The predicted molar refractivity (Wildman–Crippen MR) is 65.9 cm³/mol. The summed E-state index contributed by atoms with van der Waals surface area (Å²) < 4.78 is 4.89. The Hall–Kier alpha value is -1.53. The maximum Gasteiger partial charge on any atom is 0.310 e. The molecule has 0 aliphatic carbocycles. The SMILES string of the molecule is CCOC(=O)Cc1cc(C#N)c(Cl)cc1CC. The Morgan fingerprint density at radius 1 is 1.41 bits per heavy atom. The number of nitriles is 1. The minimum atomic E-state index is -0.284. The summed E-state index contributed by atoms with van der Waals surface area (Å²) in [5, 5.41) is 9.32. The number of esters is 1. The number of hydrogen-bond acceptors (Lipinski definition) is 3. The van der Waals surface area contributed by atoms with Crippen molar-refractivity contribution in [3.63, 3.8) is 0 Å². The molecule has 0 aliphatic heterocycles. The van der Waals surface area contributed by atoms with E-state index in [1.807, 2.05) is 13.0 Å². The lowest BCUT2D eigenvalue weighted by molar-refractivity contribution is -0.142. The van der Waals surface area contributed by atoms with E-state index in [1.165, 1.54) is 0 Å². The first-order chi connectivity index (χ1) is 8.12.